The lowest BCUT2D eigenvalue weighted by Gasteiger charge is -2.05. The van der Waals surface area contributed by atoms with Gasteiger partial charge >= 0.3 is 0 Å². The van der Waals surface area contributed by atoms with Gasteiger partial charge in [0.05, 0.1) is 0 Å². The molecule has 0 aromatic heterocycles. The fraction of sp³-hybridized carbons (Fsp3) is 0.660. The van der Waals surface area contributed by atoms with Gasteiger partial charge in [-0.1, -0.05) is 293 Å². The normalized spacial score (nSPS) is 9.02. The van der Waals surface area contributed by atoms with Crippen LogP contribution in [-0.2, 0) is 0 Å². The van der Waals surface area contributed by atoms with Crippen molar-refractivity contribution < 1.29 is 0 Å². The maximum absolute atomic E-state index is 2.22. The molecule has 0 heterocycles. The Labute approximate surface area is 339 Å². The van der Waals surface area contributed by atoms with E-state index in [4.69, 9.17) is 0 Å². The third kappa shape index (κ3) is 93.9. The standard InChI is InChI=1S/C13H12.C7H8.4C5H12.2C4H10.C3H8.C2H6/c1-11-7-9-13(10-8-11)12-5-3-2-4-6-12;1-7-5-3-2-4-6-7;1-5(2,3)4;2*1-4-5(2)3;1-3-5-4-2;1-4(2)3;1-3-4-2;1-3-2;1-2/h2-10H,1H3;2-6H,1H3;1-4H3;2*5H,4H2,1-3H3;3-5H2,1-2H3;4H,1-3H3;3-4H2,1-2H3;3H2,1-2H3;1-2H3. The van der Waals surface area contributed by atoms with E-state index in [1.807, 2.05) is 38.1 Å². The maximum atomic E-state index is 2.22. The molecule has 0 aliphatic carbocycles. The first-order valence-electron chi connectivity index (χ1n) is 21.9. The van der Waals surface area contributed by atoms with E-state index in [0.717, 1.165) is 17.8 Å². The molecule has 0 fully saturated rings. The largest absolute Gasteiger partial charge is 0.0683 e. The highest BCUT2D eigenvalue weighted by Gasteiger charge is 1.95. The summed E-state index contributed by atoms with van der Waals surface area (Å²) in [6.45, 7) is 49.8. The van der Waals surface area contributed by atoms with Gasteiger partial charge in [0.1, 0.15) is 0 Å². The van der Waals surface area contributed by atoms with Crippen molar-refractivity contribution in [2.75, 3.05) is 0 Å². The van der Waals surface area contributed by atoms with Crippen molar-refractivity contribution in [3.05, 3.63) is 96.1 Å². The van der Waals surface area contributed by atoms with E-state index in [1.165, 1.54) is 73.6 Å². The molecule has 0 aliphatic heterocycles. The Kier molecular flexibility index (Phi) is 66.8. The minimum absolute atomic E-state index is 0.500. The first-order chi connectivity index (χ1) is 24.8. The van der Waals surface area contributed by atoms with E-state index < -0.39 is 0 Å². The molecule has 53 heavy (non-hydrogen) atoms. The summed E-state index contributed by atoms with van der Waals surface area (Å²) in [5, 5.41) is 0. The number of hydrogen-bond acceptors (Lipinski definition) is 0. The van der Waals surface area contributed by atoms with Gasteiger partial charge in [0.15, 0.2) is 0 Å². The van der Waals surface area contributed by atoms with E-state index in [1.54, 1.807) is 0 Å². The second kappa shape index (κ2) is 54.0. The maximum Gasteiger partial charge on any atom is -0.0184 e. The molecule has 3 aromatic carbocycles. The van der Waals surface area contributed by atoms with Gasteiger partial charge in [-0.3, -0.25) is 0 Å². The predicted octanol–water partition coefficient (Wildman–Crippen LogP) is 19.9. The smallest absolute Gasteiger partial charge is 0.0184 e. The van der Waals surface area contributed by atoms with Crippen molar-refractivity contribution in [1.29, 1.82) is 0 Å². The summed E-state index contributed by atoms with van der Waals surface area (Å²) in [6, 6.07) is 29.3. The quantitative estimate of drug-likeness (QED) is 0.236. The van der Waals surface area contributed by atoms with Gasteiger partial charge in [-0.15, -0.1) is 0 Å². The lowest BCUT2D eigenvalue weighted by Crippen LogP contribution is -1.93. The lowest BCUT2D eigenvalue weighted by atomic mass is 10.0. The minimum Gasteiger partial charge on any atom is -0.0683 e. The molecule has 314 valence electrons. The van der Waals surface area contributed by atoms with Gasteiger partial charge in [-0.2, -0.15) is 0 Å². The Morgan fingerprint density at radius 3 is 0.811 bits per heavy atom. The molecule has 0 saturated heterocycles. The molecule has 0 atom stereocenters. The highest BCUT2D eigenvalue weighted by Crippen LogP contribution is 2.18. The van der Waals surface area contributed by atoms with Crippen molar-refractivity contribution in [3.63, 3.8) is 0 Å². The highest BCUT2D eigenvalue weighted by atomic mass is 14.0. The molecule has 0 nitrogen and oxygen atoms in total. The zero-order chi connectivity index (χ0) is 43.1. The number of aryl methyl sites for hydroxylation is 2. The van der Waals surface area contributed by atoms with Gasteiger partial charge in [-0.05, 0) is 48.1 Å². The average Bonchev–Trinajstić information content (AvgIpc) is 3.11. The summed E-state index contributed by atoms with van der Waals surface area (Å²) in [5.74, 6) is 2.60. The minimum atomic E-state index is 0.500. The molecule has 0 bridgehead atoms. The van der Waals surface area contributed by atoms with Gasteiger partial charge in [0.2, 0.25) is 0 Å². The van der Waals surface area contributed by atoms with Crippen LogP contribution in [0.1, 0.15) is 208 Å². The van der Waals surface area contributed by atoms with Crippen LogP contribution in [0.15, 0.2) is 84.9 Å². The number of unbranched alkanes of at least 4 members (excludes halogenated alkanes) is 3. The molecule has 0 amide bonds. The van der Waals surface area contributed by atoms with Crippen LogP contribution in [0.25, 0.3) is 11.1 Å². The first-order valence-corrected chi connectivity index (χ1v) is 21.9. The van der Waals surface area contributed by atoms with Crippen LogP contribution < -0.4 is 0 Å². The molecule has 0 radical (unpaired) electrons. The SMILES string of the molecule is CC.CC(C)(C)C.CC(C)C.CCC.CCC(C)C.CCC(C)C.CCCC.CCCCC.Cc1ccc(-c2ccccc2)cc1.Cc1ccccc1. The molecular formula is C53H102. The fourth-order valence-electron chi connectivity index (χ4n) is 2.26. The monoisotopic (exact) mass is 739 g/mol. The molecule has 0 N–H and O–H groups in total. The Bertz CT molecular complexity index is 920. The van der Waals surface area contributed by atoms with Crippen molar-refractivity contribution in [1.82, 2.24) is 0 Å². The molecule has 3 aromatic rings. The van der Waals surface area contributed by atoms with Crippen LogP contribution in [0.3, 0.4) is 0 Å². The average molecular weight is 739 g/mol. The summed E-state index contributed by atoms with van der Waals surface area (Å²) in [6.07, 6.45) is 10.6. The van der Waals surface area contributed by atoms with Crippen LogP contribution in [0.5, 0.6) is 0 Å². The van der Waals surface area contributed by atoms with E-state index in [0.29, 0.717) is 5.41 Å². The Morgan fingerprint density at radius 2 is 0.642 bits per heavy atom. The summed E-state index contributed by atoms with van der Waals surface area (Å²) >= 11 is 0. The first kappa shape index (κ1) is 65.5. The number of benzene rings is 3. The van der Waals surface area contributed by atoms with E-state index in [9.17, 15) is 0 Å². The van der Waals surface area contributed by atoms with Crippen molar-refractivity contribution in [2.45, 2.75) is 211 Å². The zero-order valence-electron chi connectivity index (χ0n) is 41.0. The van der Waals surface area contributed by atoms with Crippen LogP contribution in [0.4, 0.5) is 0 Å². The van der Waals surface area contributed by atoms with Crippen molar-refractivity contribution in [3.8, 4) is 11.1 Å². The second-order valence-corrected chi connectivity index (χ2v) is 16.3. The summed E-state index contributed by atoms with van der Waals surface area (Å²) in [4.78, 5) is 0. The van der Waals surface area contributed by atoms with Gasteiger partial charge in [0, 0.05) is 0 Å². The van der Waals surface area contributed by atoms with Crippen molar-refractivity contribution >= 4 is 0 Å². The van der Waals surface area contributed by atoms with Gasteiger partial charge in [-0.25, -0.2) is 0 Å². The van der Waals surface area contributed by atoms with Gasteiger partial charge in [0.25, 0.3) is 0 Å². The lowest BCUT2D eigenvalue weighted by molar-refractivity contribution is 0.469. The molecule has 0 spiro atoms. The molecule has 0 unspecified atom stereocenters. The summed E-state index contributed by atoms with van der Waals surface area (Å²) in [7, 11) is 0. The second-order valence-electron chi connectivity index (χ2n) is 16.3. The van der Waals surface area contributed by atoms with Crippen molar-refractivity contribution in [2.24, 2.45) is 23.2 Å². The predicted molar refractivity (Wildman–Crippen MR) is 257 cm³/mol. The fourth-order valence-corrected chi connectivity index (χ4v) is 2.26. The van der Waals surface area contributed by atoms with Crippen LogP contribution >= 0.6 is 0 Å². The van der Waals surface area contributed by atoms with E-state index in [-0.39, 0.29) is 0 Å². The van der Waals surface area contributed by atoms with Crippen LogP contribution in [-0.4, -0.2) is 0 Å². The molecule has 0 aliphatic rings. The topological polar surface area (TPSA) is 0 Å². The Morgan fingerprint density at radius 1 is 0.415 bits per heavy atom. The highest BCUT2D eigenvalue weighted by molar-refractivity contribution is 5.63. The molecule has 0 saturated carbocycles. The molecular weight excluding hydrogens is 637 g/mol. The third-order valence-electron chi connectivity index (χ3n) is 5.94. The van der Waals surface area contributed by atoms with Gasteiger partial charge < -0.3 is 0 Å². The van der Waals surface area contributed by atoms with Crippen LogP contribution in [0, 0.1) is 37.0 Å². The Balaban J connectivity index is -0.0000000936. The van der Waals surface area contributed by atoms with E-state index in [2.05, 4.69) is 206 Å². The molecule has 0 heteroatoms. The zero-order valence-corrected chi connectivity index (χ0v) is 41.0. The Hall–Kier alpha value is -2.34. The number of hydrogen-bond donors (Lipinski definition) is 0. The third-order valence-corrected chi connectivity index (χ3v) is 5.94. The number of rotatable bonds is 6. The summed E-state index contributed by atoms with van der Waals surface area (Å²) < 4.78 is 0. The van der Waals surface area contributed by atoms with Crippen LogP contribution in [0.2, 0.25) is 0 Å². The molecule has 3 rings (SSSR count). The summed E-state index contributed by atoms with van der Waals surface area (Å²) in [5.41, 5.74) is 5.69. The van der Waals surface area contributed by atoms with E-state index >= 15 is 0 Å².